The minimum absolute atomic E-state index is 0.167. The quantitative estimate of drug-likeness (QED) is 0.890. The molecule has 1 aromatic heterocycles. The van der Waals surface area contributed by atoms with Gasteiger partial charge >= 0.3 is 0 Å². The van der Waals surface area contributed by atoms with Gasteiger partial charge < -0.3 is 15.1 Å². The van der Waals surface area contributed by atoms with Crippen LogP contribution in [0.25, 0.3) is 0 Å². The molecule has 1 aliphatic heterocycles. The average molecular weight is 313 g/mol. The molecule has 1 atom stereocenters. The summed E-state index contributed by atoms with van der Waals surface area (Å²) in [5.41, 5.74) is 8.00. The molecule has 0 saturated carbocycles. The topological polar surface area (TPSA) is 72.4 Å². The first-order valence-corrected chi connectivity index (χ1v) is 8.19. The van der Waals surface area contributed by atoms with E-state index in [9.17, 15) is 4.79 Å². The Morgan fingerprint density at radius 2 is 2.26 bits per heavy atom. The number of aromatic nitrogens is 1. The molecule has 2 N–H and O–H groups in total. The molecular weight excluding hydrogens is 290 g/mol. The number of aryl methyl sites for hydroxylation is 2. The fourth-order valence-corrected chi connectivity index (χ4v) is 3.22. The molecule has 5 nitrogen and oxygen atoms in total. The van der Waals surface area contributed by atoms with Crippen molar-refractivity contribution < 1.29 is 9.21 Å². The number of anilines is 1. The number of para-hydroxylation sites is 1. The van der Waals surface area contributed by atoms with Crippen LogP contribution in [0.1, 0.15) is 42.4 Å². The Labute approximate surface area is 136 Å². The Morgan fingerprint density at radius 1 is 1.43 bits per heavy atom. The molecule has 0 radical (unpaired) electrons. The molecule has 5 heteroatoms. The third kappa shape index (κ3) is 3.45. The minimum atomic E-state index is 0.167. The highest BCUT2D eigenvalue weighted by molar-refractivity contribution is 5.95. The van der Waals surface area contributed by atoms with Crippen LogP contribution in [0, 0.1) is 6.92 Å². The molecule has 122 valence electrons. The van der Waals surface area contributed by atoms with Crippen molar-refractivity contribution in [3.05, 3.63) is 47.7 Å². The summed E-state index contributed by atoms with van der Waals surface area (Å²) in [5.74, 6) is 2.04. The summed E-state index contributed by atoms with van der Waals surface area (Å²) in [6.07, 6.45) is 4.58. The van der Waals surface area contributed by atoms with Crippen LogP contribution in [0.4, 0.5) is 5.69 Å². The Hall–Kier alpha value is -2.14. The van der Waals surface area contributed by atoms with E-state index in [1.165, 1.54) is 5.56 Å². The van der Waals surface area contributed by atoms with E-state index in [1.807, 2.05) is 30.0 Å². The van der Waals surface area contributed by atoms with Crippen LogP contribution in [-0.2, 0) is 11.2 Å². The SMILES string of the molecule is Cc1cnc(CCCC(=O)N2CC(CCN)c3ccccc32)o1. The zero-order valence-corrected chi connectivity index (χ0v) is 13.5. The number of carbonyl (C=O) groups is 1. The lowest BCUT2D eigenvalue weighted by atomic mass is 9.98. The second-order valence-electron chi connectivity index (χ2n) is 6.06. The molecule has 0 aliphatic carbocycles. The smallest absolute Gasteiger partial charge is 0.227 e. The molecule has 2 aromatic rings. The van der Waals surface area contributed by atoms with Crippen LogP contribution in [0.15, 0.2) is 34.9 Å². The summed E-state index contributed by atoms with van der Waals surface area (Å²) in [6, 6.07) is 8.15. The number of oxazole rings is 1. The summed E-state index contributed by atoms with van der Waals surface area (Å²) in [7, 11) is 0. The van der Waals surface area contributed by atoms with Gasteiger partial charge in [0.1, 0.15) is 5.76 Å². The first-order chi connectivity index (χ1) is 11.2. The summed E-state index contributed by atoms with van der Waals surface area (Å²) >= 11 is 0. The first kappa shape index (κ1) is 15.7. The van der Waals surface area contributed by atoms with Crippen molar-refractivity contribution >= 4 is 11.6 Å². The third-order valence-electron chi connectivity index (χ3n) is 4.34. The minimum Gasteiger partial charge on any atom is -0.446 e. The zero-order valence-electron chi connectivity index (χ0n) is 13.5. The number of hydrogen-bond acceptors (Lipinski definition) is 4. The van der Waals surface area contributed by atoms with Crippen molar-refractivity contribution in [3.63, 3.8) is 0 Å². The Balaban J connectivity index is 1.61. The lowest BCUT2D eigenvalue weighted by Crippen LogP contribution is -2.30. The molecule has 2 heterocycles. The van der Waals surface area contributed by atoms with Crippen LogP contribution in [0.2, 0.25) is 0 Å². The number of rotatable bonds is 6. The van der Waals surface area contributed by atoms with Gasteiger partial charge in [-0.25, -0.2) is 4.98 Å². The number of fused-ring (bicyclic) bond motifs is 1. The van der Waals surface area contributed by atoms with Gasteiger partial charge in [-0.3, -0.25) is 4.79 Å². The van der Waals surface area contributed by atoms with Gasteiger partial charge in [0.05, 0.1) is 6.20 Å². The average Bonchev–Trinajstić information content (AvgIpc) is 3.12. The summed E-state index contributed by atoms with van der Waals surface area (Å²) in [4.78, 5) is 18.7. The summed E-state index contributed by atoms with van der Waals surface area (Å²) in [5, 5.41) is 0. The van der Waals surface area contributed by atoms with Gasteiger partial charge in [-0.05, 0) is 37.9 Å². The van der Waals surface area contributed by atoms with E-state index in [2.05, 4.69) is 11.1 Å². The van der Waals surface area contributed by atoms with E-state index in [4.69, 9.17) is 10.2 Å². The fourth-order valence-electron chi connectivity index (χ4n) is 3.22. The molecule has 0 saturated heterocycles. The standard InChI is InChI=1S/C18H23N3O2/c1-13-11-20-17(23-13)7-4-8-18(22)21-12-14(9-10-19)15-5-2-3-6-16(15)21/h2-3,5-6,11,14H,4,7-10,12,19H2,1H3. The van der Waals surface area contributed by atoms with Crippen LogP contribution in [-0.4, -0.2) is 24.0 Å². The van der Waals surface area contributed by atoms with Crippen LogP contribution < -0.4 is 10.6 Å². The number of nitrogens with two attached hydrogens (primary N) is 1. The van der Waals surface area contributed by atoms with Gasteiger partial charge in [0.25, 0.3) is 0 Å². The van der Waals surface area contributed by atoms with E-state index in [0.717, 1.165) is 30.8 Å². The largest absolute Gasteiger partial charge is 0.446 e. The molecule has 1 unspecified atom stereocenters. The summed E-state index contributed by atoms with van der Waals surface area (Å²) < 4.78 is 5.45. The third-order valence-corrected chi connectivity index (χ3v) is 4.34. The number of amides is 1. The van der Waals surface area contributed by atoms with Crippen LogP contribution >= 0.6 is 0 Å². The molecular formula is C18H23N3O2. The number of carbonyl (C=O) groups excluding carboxylic acids is 1. The molecule has 1 aromatic carbocycles. The van der Waals surface area contributed by atoms with Crippen LogP contribution in [0.5, 0.6) is 0 Å². The van der Waals surface area contributed by atoms with E-state index >= 15 is 0 Å². The van der Waals surface area contributed by atoms with Crippen LogP contribution in [0.3, 0.4) is 0 Å². The van der Waals surface area contributed by atoms with E-state index < -0.39 is 0 Å². The van der Waals surface area contributed by atoms with E-state index in [-0.39, 0.29) is 5.91 Å². The maximum atomic E-state index is 12.6. The number of benzene rings is 1. The maximum Gasteiger partial charge on any atom is 0.227 e. The molecule has 0 bridgehead atoms. The highest BCUT2D eigenvalue weighted by Crippen LogP contribution is 2.38. The molecule has 1 aliphatic rings. The molecule has 0 spiro atoms. The monoisotopic (exact) mass is 313 g/mol. The summed E-state index contributed by atoms with van der Waals surface area (Å²) in [6.45, 7) is 3.26. The van der Waals surface area contributed by atoms with Crippen molar-refractivity contribution in [1.29, 1.82) is 0 Å². The van der Waals surface area contributed by atoms with Crippen molar-refractivity contribution in [3.8, 4) is 0 Å². The van der Waals surface area contributed by atoms with Crippen molar-refractivity contribution in [2.45, 2.75) is 38.5 Å². The fraction of sp³-hybridized carbons (Fsp3) is 0.444. The van der Waals surface area contributed by atoms with Gasteiger partial charge in [0.2, 0.25) is 5.91 Å². The predicted octanol–water partition coefficient (Wildman–Crippen LogP) is 2.78. The highest BCUT2D eigenvalue weighted by Gasteiger charge is 2.31. The van der Waals surface area contributed by atoms with Gasteiger partial charge in [-0.1, -0.05) is 18.2 Å². The number of nitrogens with zero attached hydrogens (tertiary/aromatic N) is 2. The highest BCUT2D eigenvalue weighted by atomic mass is 16.3. The van der Waals surface area contributed by atoms with Gasteiger partial charge in [0, 0.05) is 31.0 Å². The molecule has 3 rings (SSSR count). The zero-order chi connectivity index (χ0) is 16.2. The first-order valence-electron chi connectivity index (χ1n) is 8.19. The maximum absolute atomic E-state index is 12.6. The molecule has 0 fully saturated rings. The van der Waals surface area contributed by atoms with E-state index in [0.29, 0.717) is 31.2 Å². The van der Waals surface area contributed by atoms with Crippen molar-refractivity contribution in [2.24, 2.45) is 5.73 Å². The second kappa shape index (κ2) is 6.96. The van der Waals surface area contributed by atoms with Gasteiger partial charge in [0.15, 0.2) is 5.89 Å². The van der Waals surface area contributed by atoms with Crippen molar-refractivity contribution in [1.82, 2.24) is 4.98 Å². The van der Waals surface area contributed by atoms with Gasteiger partial charge in [-0.15, -0.1) is 0 Å². The second-order valence-corrected chi connectivity index (χ2v) is 6.06. The van der Waals surface area contributed by atoms with Crippen molar-refractivity contribution in [2.75, 3.05) is 18.0 Å². The molecule has 23 heavy (non-hydrogen) atoms. The lowest BCUT2D eigenvalue weighted by molar-refractivity contribution is -0.118. The Kier molecular flexibility index (Phi) is 4.76. The van der Waals surface area contributed by atoms with E-state index in [1.54, 1.807) is 6.20 Å². The Morgan fingerprint density at radius 3 is 3.00 bits per heavy atom. The number of hydrogen-bond donors (Lipinski definition) is 1. The lowest BCUT2D eigenvalue weighted by Gasteiger charge is -2.17. The molecule has 1 amide bonds. The predicted molar refractivity (Wildman–Crippen MR) is 89.4 cm³/mol. The Bertz CT molecular complexity index is 680. The van der Waals surface area contributed by atoms with Gasteiger partial charge in [-0.2, -0.15) is 0 Å². The normalized spacial score (nSPS) is 16.6.